The van der Waals surface area contributed by atoms with Gasteiger partial charge in [-0.3, -0.25) is 28.8 Å². The number of fused-ring (bicyclic) bond motifs is 3. The average molecular weight is 444 g/mol. The van der Waals surface area contributed by atoms with Gasteiger partial charge < -0.3 is 14.8 Å². The third kappa shape index (κ3) is 3.47. The number of nitro benzene ring substituents is 1. The largest absolute Gasteiger partial charge is 0.347 e. The van der Waals surface area contributed by atoms with Crippen LogP contribution in [0.5, 0.6) is 0 Å². The van der Waals surface area contributed by atoms with E-state index < -0.39 is 50.0 Å². The molecule has 2 aromatic carbocycles. The molecular weight excluding hydrogens is 431 g/mol. The monoisotopic (exact) mass is 444 g/mol. The van der Waals surface area contributed by atoms with Crippen LogP contribution in [0.1, 0.15) is 12.7 Å². The molecule has 15 heteroatoms. The van der Waals surface area contributed by atoms with Gasteiger partial charge in [-0.15, -0.1) is 0 Å². The van der Waals surface area contributed by atoms with E-state index in [1.54, 1.807) is 0 Å². The van der Waals surface area contributed by atoms with Crippen molar-refractivity contribution in [3.8, 4) is 0 Å². The Morgan fingerprint density at radius 2 is 1.86 bits per heavy atom. The summed E-state index contributed by atoms with van der Waals surface area (Å²) in [6.45, 7) is 0.984. The standard InChI is InChI=1S/C14H13N4O9PS/c1-6(28(23,24)25)17-12-9-4-7(29(15,26)27)2-3-8(9)11(18(21)22)5-10(12)16-13(19)14(17)20/h2-6H,1H3,(H,16,19)(H2,15,26,27)(H2,23,24,25). The molecule has 0 bridgehead atoms. The van der Waals surface area contributed by atoms with Crippen LogP contribution in [0.4, 0.5) is 5.69 Å². The first kappa shape index (κ1) is 20.8. The zero-order valence-corrected chi connectivity index (χ0v) is 16.2. The molecule has 0 aliphatic rings. The van der Waals surface area contributed by atoms with Gasteiger partial charge >= 0.3 is 18.7 Å². The summed E-state index contributed by atoms with van der Waals surface area (Å²) in [5.41, 5.74) is -3.71. The van der Waals surface area contributed by atoms with Crippen molar-refractivity contribution in [2.75, 3.05) is 0 Å². The highest BCUT2D eigenvalue weighted by Crippen LogP contribution is 2.49. The molecule has 1 aromatic heterocycles. The van der Waals surface area contributed by atoms with Crippen molar-refractivity contribution in [3.63, 3.8) is 0 Å². The van der Waals surface area contributed by atoms with E-state index in [2.05, 4.69) is 4.98 Å². The molecule has 0 spiro atoms. The van der Waals surface area contributed by atoms with Crippen molar-refractivity contribution in [3.05, 3.63) is 55.1 Å². The molecule has 1 atom stereocenters. The molecule has 0 aliphatic carbocycles. The van der Waals surface area contributed by atoms with E-state index in [9.17, 15) is 42.5 Å². The molecule has 13 nitrogen and oxygen atoms in total. The lowest BCUT2D eigenvalue weighted by molar-refractivity contribution is -0.382. The maximum atomic E-state index is 12.4. The second kappa shape index (κ2) is 6.57. The predicted molar refractivity (Wildman–Crippen MR) is 101 cm³/mol. The van der Waals surface area contributed by atoms with Crippen LogP contribution in [0.3, 0.4) is 0 Å². The number of rotatable bonds is 4. The highest BCUT2D eigenvalue weighted by atomic mass is 32.2. The summed E-state index contributed by atoms with van der Waals surface area (Å²) in [7, 11) is -9.21. The Hall–Kier alpha value is -2.90. The van der Waals surface area contributed by atoms with Gasteiger partial charge in [-0.1, -0.05) is 0 Å². The Balaban J connectivity index is 2.71. The number of nitro groups is 1. The summed E-state index contributed by atoms with van der Waals surface area (Å²) < 4.78 is 35.7. The zero-order valence-electron chi connectivity index (χ0n) is 14.5. The van der Waals surface area contributed by atoms with E-state index in [4.69, 9.17) is 5.14 Å². The lowest BCUT2D eigenvalue weighted by Gasteiger charge is -2.19. The van der Waals surface area contributed by atoms with Crippen molar-refractivity contribution in [1.82, 2.24) is 9.55 Å². The number of non-ortho nitro benzene ring substituents is 1. The van der Waals surface area contributed by atoms with E-state index in [1.807, 2.05) is 0 Å². The highest BCUT2D eigenvalue weighted by molar-refractivity contribution is 7.89. The molecular formula is C14H13N4O9PS. The fourth-order valence-electron chi connectivity index (χ4n) is 2.95. The number of aromatic nitrogens is 2. The number of H-pyrrole nitrogens is 1. The number of hydrogen-bond donors (Lipinski definition) is 4. The van der Waals surface area contributed by atoms with Crippen molar-refractivity contribution in [1.29, 1.82) is 0 Å². The Morgan fingerprint density at radius 3 is 2.38 bits per heavy atom. The Morgan fingerprint density at radius 1 is 1.24 bits per heavy atom. The Kier molecular flexibility index (Phi) is 4.72. The number of sulfonamides is 1. The summed E-state index contributed by atoms with van der Waals surface area (Å²) in [4.78, 5) is 55.8. The third-order valence-electron chi connectivity index (χ3n) is 4.35. The zero-order chi connectivity index (χ0) is 21.9. The summed E-state index contributed by atoms with van der Waals surface area (Å²) in [5, 5.41) is 16.2. The molecule has 0 fully saturated rings. The van der Waals surface area contributed by atoms with Gasteiger partial charge in [0.25, 0.3) is 5.69 Å². The number of primary sulfonamides is 1. The second-order valence-electron chi connectivity index (χ2n) is 6.15. The van der Waals surface area contributed by atoms with E-state index in [1.165, 1.54) is 0 Å². The molecule has 0 radical (unpaired) electrons. The van der Waals surface area contributed by atoms with Crippen LogP contribution in [0.25, 0.3) is 21.8 Å². The molecule has 3 rings (SSSR count). The minimum atomic E-state index is -4.95. The number of nitrogens with two attached hydrogens (primary N) is 1. The van der Waals surface area contributed by atoms with Crippen molar-refractivity contribution in [2.45, 2.75) is 17.6 Å². The Bertz CT molecular complexity index is 1470. The van der Waals surface area contributed by atoms with Crippen LogP contribution < -0.4 is 16.3 Å². The fraction of sp³-hybridized carbons (Fsp3) is 0.143. The molecule has 0 saturated heterocycles. The predicted octanol–water partition coefficient (Wildman–Crippen LogP) is 0.0948. The highest BCUT2D eigenvalue weighted by Gasteiger charge is 2.31. The number of nitrogens with one attached hydrogen (secondary N) is 1. The minimum absolute atomic E-state index is 0.131. The van der Waals surface area contributed by atoms with E-state index >= 15 is 0 Å². The van der Waals surface area contributed by atoms with Crippen LogP contribution in [0.15, 0.2) is 38.8 Å². The van der Waals surface area contributed by atoms with Crippen LogP contribution in [-0.2, 0) is 14.6 Å². The number of nitrogens with zero attached hydrogens (tertiary/aromatic N) is 2. The van der Waals surface area contributed by atoms with Crippen LogP contribution >= 0.6 is 7.60 Å². The van der Waals surface area contributed by atoms with Gasteiger partial charge in [-0.2, -0.15) is 0 Å². The first-order valence-electron chi connectivity index (χ1n) is 7.71. The van der Waals surface area contributed by atoms with Crippen molar-refractivity contribution in [2.24, 2.45) is 5.14 Å². The lowest BCUT2D eigenvalue weighted by Crippen LogP contribution is -2.37. The van der Waals surface area contributed by atoms with Gasteiger partial charge in [0.15, 0.2) is 0 Å². The Labute approximate surface area is 160 Å². The summed E-state index contributed by atoms with van der Waals surface area (Å²) in [6.07, 6.45) is 0. The normalized spacial score (nSPS) is 13.7. The molecule has 3 aromatic rings. The fourth-order valence-corrected chi connectivity index (χ4v) is 4.01. The van der Waals surface area contributed by atoms with Gasteiger partial charge in [0.2, 0.25) is 10.0 Å². The first-order valence-corrected chi connectivity index (χ1v) is 10.9. The van der Waals surface area contributed by atoms with Gasteiger partial charge in [-0.05, 0) is 25.1 Å². The first-order chi connectivity index (χ1) is 13.2. The molecule has 1 heterocycles. The summed E-state index contributed by atoms with van der Waals surface area (Å²) in [6, 6.07) is 3.93. The minimum Gasteiger partial charge on any atom is -0.323 e. The molecule has 154 valence electrons. The molecule has 0 amide bonds. The quantitative estimate of drug-likeness (QED) is 0.141. The van der Waals surface area contributed by atoms with Crippen molar-refractivity contribution >= 4 is 45.1 Å². The molecule has 0 aliphatic heterocycles. The SMILES string of the molecule is CC(n1c(=O)c(=O)[nH]c2cc([N+](=O)[O-])c3ccc(S(N)(=O)=O)cc3c21)P(=O)(O)O. The second-order valence-corrected chi connectivity index (χ2v) is 9.64. The van der Waals surface area contributed by atoms with E-state index in [0.717, 1.165) is 31.2 Å². The number of aromatic amines is 1. The average Bonchev–Trinajstić information content (AvgIpc) is 2.59. The maximum absolute atomic E-state index is 12.4. The van der Waals surface area contributed by atoms with Crippen LogP contribution in [-0.4, -0.2) is 32.7 Å². The lowest BCUT2D eigenvalue weighted by atomic mass is 10.1. The van der Waals surface area contributed by atoms with Crippen LogP contribution in [0.2, 0.25) is 0 Å². The molecule has 5 N–H and O–H groups in total. The molecule has 29 heavy (non-hydrogen) atoms. The van der Waals surface area contributed by atoms with Gasteiger partial charge in [-0.25, -0.2) is 13.6 Å². The van der Waals surface area contributed by atoms with Gasteiger partial charge in [0.05, 0.1) is 26.2 Å². The van der Waals surface area contributed by atoms with Gasteiger partial charge in [0.1, 0.15) is 5.78 Å². The topological polar surface area (TPSA) is 216 Å². The summed E-state index contributed by atoms with van der Waals surface area (Å²) >= 11 is 0. The smallest absolute Gasteiger partial charge is 0.323 e. The number of hydrogen-bond acceptors (Lipinski definition) is 7. The maximum Gasteiger partial charge on any atom is 0.347 e. The number of benzene rings is 2. The van der Waals surface area contributed by atoms with Gasteiger partial charge in [0, 0.05) is 11.5 Å². The van der Waals surface area contributed by atoms with E-state index in [0.29, 0.717) is 4.57 Å². The molecule has 1 unspecified atom stereocenters. The van der Waals surface area contributed by atoms with Crippen LogP contribution in [0, 0.1) is 10.1 Å². The van der Waals surface area contributed by atoms with Crippen molar-refractivity contribution < 1.29 is 27.7 Å². The summed E-state index contributed by atoms with van der Waals surface area (Å²) in [5.74, 6) is -1.82. The van der Waals surface area contributed by atoms with E-state index in [-0.39, 0.29) is 21.8 Å². The third-order valence-corrected chi connectivity index (χ3v) is 6.46. The molecule has 0 saturated carbocycles.